The van der Waals surface area contributed by atoms with E-state index in [4.69, 9.17) is 18.0 Å². The lowest BCUT2D eigenvalue weighted by Gasteiger charge is -2.05. The molecule has 15 heavy (non-hydrogen) atoms. The molecule has 5 heteroatoms. The molecule has 2 N–H and O–H groups in total. The predicted molar refractivity (Wildman–Crippen MR) is 62.6 cm³/mol. The first-order valence-electron chi connectivity index (χ1n) is 5.44. The summed E-state index contributed by atoms with van der Waals surface area (Å²) in [5.41, 5.74) is 7.49. The minimum absolute atomic E-state index is 0.369. The van der Waals surface area contributed by atoms with E-state index in [1.54, 1.807) is 0 Å². The van der Waals surface area contributed by atoms with Crippen LogP contribution in [0.5, 0.6) is 0 Å². The molecule has 0 aromatic carbocycles. The summed E-state index contributed by atoms with van der Waals surface area (Å²) in [6.45, 7) is 3.03. The van der Waals surface area contributed by atoms with Gasteiger partial charge in [-0.15, -0.1) is 5.10 Å². The van der Waals surface area contributed by atoms with Crippen LogP contribution in [0.3, 0.4) is 0 Å². The second-order valence-electron chi connectivity index (χ2n) is 4.12. The van der Waals surface area contributed by atoms with Crippen molar-refractivity contribution in [3.05, 3.63) is 11.4 Å². The molecule has 0 saturated heterocycles. The van der Waals surface area contributed by atoms with E-state index in [1.165, 1.54) is 12.8 Å². The van der Waals surface area contributed by atoms with Crippen molar-refractivity contribution in [2.75, 3.05) is 0 Å². The summed E-state index contributed by atoms with van der Waals surface area (Å²) >= 11 is 4.98. The monoisotopic (exact) mass is 224 g/mol. The van der Waals surface area contributed by atoms with Crippen molar-refractivity contribution in [3.8, 4) is 0 Å². The van der Waals surface area contributed by atoms with E-state index in [2.05, 4.69) is 17.2 Å². The number of hydrogen-bond acceptors (Lipinski definition) is 3. The molecule has 1 aromatic rings. The Bertz CT molecular complexity index is 367. The summed E-state index contributed by atoms with van der Waals surface area (Å²) in [5, 5.41) is 8.17. The highest BCUT2D eigenvalue weighted by atomic mass is 32.1. The van der Waals surface area contributed by atoms with Gasteiger partial charge in [0.25, 0.3) is 0 Å². The van der Waals surface area contributed by atoms with Crippen molar-refractivity contribution in [3.63, 3.8) is 0 Å². The van der Waals surface area contributed by atoms with Crippen molar-refractivity contribution in [1.82, 2.24) is 15.0 Å². The quantitative estimate of drug-likeness (QED) is 0.765. The van der Waals surface area contributed by atoms with E-state index in [1.807, 2.05) is 4.68 Å². The zero-order valence-corrected chi connectivity index (χ0v) is 9.76. The van der Waals surface area contributed by atoms with Gasteiger partial charge < -0.3 is 5.73 Å². The molecule has 1 aromatic heterocycles. The van der Waals surface area contributed by atoms with Crippen LogP contribution in [-0.4, -0.2) is 20.0 Å². The zero-order chi connectivity index (χ0) is 10.8. The minimum Gasteiger partial charge on any atom is -0.388 e. The summed E-state index contributed by atoms with van der Waals surface area (Å²) in [6.07, 6.45) is 4.71. The number of rotatable bonds is 5. The van der Waals surface area contributed by atoms with Gasteiger partial charge in [0, 0.05) is 6.54 Å². The summed E-state index contributed by atoms with van der Waals surface area (Å²) in [4.78, 5) is 0.369. The van der Waals surface area contributed by atoms with Crippen molar-refractivity contribution in [2.45, 2.75) is 39.2 Å². The van der Waals surface area contributed by atoms with E-state index >= 15 is 0 Å². The third kappa shape index (κ3) is 2.34. The highest BCUT2D eigenvalue weighted by Gasteiger charge is 2.26. The number of nitrogens with zero attached hydrogens (tertiary/aromatic N) is 3. The van der Waals surface area contributed by atoms with Crippen molar-refractivity contribution >= 4 is 17.2 Å². The lowest BCUT2D eigenvalue weighted by atomic mass is 10.2. The van der Waals surface area contributed by atoms with E-state index in [9.17, 15) is 0 Å². The smallest absolute Gasteiger partial charge is 0.143 e. The highest BCUT2D eigenvalue weighted by Crippen LogP contribution is 2.33. The van der Waals surface area contributed by atoms with Crippen LogP contribution in [0.2, 0.25) is 0 Å². The molecule has 1 fully saturated rings. The lowest BCUT2D eigenvalue weighted by molar-refractivity contribution is 0.547. The summed E-state index contributed by atoms with van der Waals surface area (Å²) in [5.74, 6) is 0.798. The van der Waals surface area contributed by atoms with Gasteiger partial charge in [-0.1, -0.05) is 24.4 Å². The molecule has 0 spiro atoms. The van der Waals surface area contributed by atoms with Crippen LogP contribution in [0.25, 0.3) is 0 Å². The Kier molecular flexibility index (Phi) is 3.00. The Balaban J connectivity index is 2.25. The molecule has 1 aliphatic rings. The average Bonchev–Trinajstić information content (AvgIpc) is 2.90. The van der Waals surface area contributed by atoms with Gasteiger partial charge in [0.1, 0.15) is 10.7 Å². The van der Waals surface area contributed by atoms with E-state index in [0.717, 1.165) is 36.7 Å². The molecule has 1 aliphatic carbocycles. The van der Waals surface area contributed by atoms with Gasteiger partial charge in [0.05, 0.1) is 5.69 Å². The van der Waals surface area contributed by atoms with Crippen molar-refractivity contribution in [2.24, 2.45) is 11.7 Å². The van der Waals surface area contributed by atoms with Crippen LogP contribution in [-0.2, 0) is 13.0 Å². The number of nitrogens with two attached hydrogens (primary N) is 1. The van der Waals surface area contributed by atoms with Crippen LogP contribution in [0.15, 0.2) is 0 Å². The van der Waals surface area contributed by atoms with Crippen molar-refractivity contribution < 1.29 is 0 Å². The molecular weight excluding hydrogens is 208 g/mol. The largest absolute Gasteiger partial charge is 0.388 e. The third-order valence-electron chi connectivity index (χ3n) is 2.69. The van der Waals surface area contributed by atoms with E-state index < -0.39 is 0 Å². The highest BCUT2D eigenvalue weighted by molar-refractivity contribution is 7.80. The summed E-state index contributed by atoms with van der Waals surface area (Å²) < 4.78 is 1.95. The standard InChI is InChI=1S/C10H16N4S/c1-2-5-14-8(6-7-3-4-7)9(10(11)15)12-13-14/h7H,2-6H2,1H3,(H2,11,15). The molecule has 1 heterocycles. The maximum absolute atomic E-state index is 5.64. The zero-order valence-electron chi connectivity index (χ0n) is 8.94. The van der Waals surface area contributed by atoms with Gasteiger partial charge in [-0.2, -0.15) is 0 Å². The first-order chi connectivity index (χ1) is 7.22. The Labute approximate surface area is 94.8 Å². The summed E-state index contributed by atoms with van der Waals surface area (Å²) in [7, 11) is 0. The Morgan fingerprint density at radius 3 is 2.87 bits per heavy atom. The van der Waals surface area contributed by atoms with Gasteiger partial charge in [0.2, 0.25) is 0 Å². The minimum atomic E-state index is 0.369. The van der Waals surface area contributed by atoms with E-state index in [0.29, 0.717) is 4.99 Å². The van der Waals surface area contributed by atoms with Crippen LogP contribution in [0.4, 0.5) is 0 Å². The van der Waals surface area contributed by atoms with Gasteiger partial charge in [0.15, 0.2) is 0 Å². The Morgan fingerprint density at radius 1 is 1.60 bits per heavy atom. The third-order valence-corrected chi connectivity index (χ3v) is 2.88. The lowest BCUT2D eigenvalue weighted by Crippen LogP contribution is -2.14. The van der Waals surface area contributed by atoms with Crippen LogP contribution in [0.1, 0.15) is 37.6 Å². The maximum Gasteiger partial charge on any atom is 0.143 e. The molecule has 0 unspecified atom stereocenters. The first kappa shape index (κ1) is 10.5. The molecule has 82 valence electrons. The van der Waals surface area contributed by atoms with Crippen molar-refractivity contribution in [1.29, 1.82) is 0 Å². The van der Waals surface area contributed by atoms with Gasteiger partial charge >= 0.3 is 0 Å². The van der Waals surface area contributed by atoms with Gasteiger partial charge in [-0.05, 0) is 31.6 Å². The fraction of sp³-hybridized carbons (Fsp3) is 0.700. The van der Waals surface area contributed by atoms with Crippen LogP contribution < -0.4 is 5.73 Å². The number of hydrogen-bond donors (Lipinski definition) is 1. The van der Waals surface area contributed by atoms with E-state index in [-0.39, 0.29) is 0 Å². The molecular formula is C10H16N4S. The predicted octanol–water partition coefficient (Wildman–Crippen LogP) is 1.27. The molecule has 0 aliphatic heterocycles. The molecule has 0 amide bonds. The fourth-order valence-corrected chi connectivity index (χ4v) is 1.87. The average molecular weight is 224 g/mol. The topological polar surface area (TPSA) is 56.7 Å². The molecule has 2 rings (SSSR count). The molecule has 1 saturated carbocycles. The second-order valence-corrected chi connectivity index (χ2v) is 4.56. The van der Waals surface area contributed by atoms with Crippen LogP contribution in [0, 0.1) is 5.92 Å². The molecule has 4 nitrogen and oxygen atoms in total. The summed E-state index contributed by atoms with van der Waals surface area (Å²) in [6, 6.07) is 0. The normalized spacial score (nSPS) is 15.5. The molecule has 0 atom stereocenters. The number of aromatic nitrogens is 3. The maximum atomic E-state index is 5.64. The number of thiocarbonyl (C=S) groups is 1. The van der Waals surface area contributed by atoms with Gasteiger partial charge in [-0.3, -0.25) is 0 Å². The van der Waals surface area contributed by atoms with Gasteiger partial charge in [-0.25, -0.2) is 4.68 Å². The Morgan fingerprint density at radius 2 is 2.33 bits per heavy atom. The molecule has 0 bridgehead atoms. The molecule has 0 radical (unpaired) electrons. The SMILES string of the molecule is CCCn1nnc(C(N)=S)c1CC1CC1. The number of aryl methyl sites for hydroxylation is 1. The second kappa shape index (κ2) is 4.26. The fourth-order valence-electron chi connectivity index (χ4n) is 1.71. The Hall–Kier alpha value is -0.970. The first-order valence-corrected chi connectivity index (χ1v) is 5.85. The van der Waals surface area contributed by atoms with Crippen LogP contribution >= 0.6 is 12.2 Å².